The monoisotopic (exact) mass is 412 g/mol. The van der Waals surface area contributed by atoms with Crippen LogP contribution >= 0.6 is 11.8 Å². The smallest absolute Gasteiger partial charge is 0.231 e. The number of ether oxygens (including phenoxy) is 2. The van der Waals surface area contributed by atoms with Crippen LogP contribution in [0.25, 0.3) is 0 Å². The van der Waals surface area contributed by atoms with Crippen LogP contribution in [0.15, 0.2) is 51.6 Å². The van der Waals surface area contributed by atoms with Crippen LogP contribution in [0.1, 0.15) is 30.6 Å². The van der Waals surface area contributed by atoms with E-state index in [4.69, 9.17) is 13.9 Å². The molecule has 0 spiro atoms. The van der Waals surface area contributed by atoms with Crippen molar-refractivity contribution in [1.82, 2.24) is 4.90 Å². The first kappa shape index (κ1) is 19.4. The van der Waals surface area contributed by atoms with Gasteiger partial charge in [-0.1, -0.05) is 6.07 Å². The van der Waals surface area contributed by atoms with Crippen LogP contribution in [-0.4, -0.2) is 35.4 Å². The molecule has 0 aliphatic carbocycles. The number of fused-ring (bicyclic) bond motifs is 1. The highest BCUT2D eigenvalue weighted by atomic mass is 32.2. The molecule has 2 atom stereocenters. The fourth-order valence-electron chi connectivity index (χ4n) is 3.77. The summed E-state index contributed by atoms with van der Waals surface area (Å²) in [7, 11) is 1.55. The molecule has 0 radical (unpaired) electrons. The van der Waals surface area contributed by atoms with Crippen LogP contribution in [-0.2, 0) is 10.5 Å². The van der Waals surface area contributed by atoms with Gasteiger partial charge in [-0.15, -0.1) is 11.8 Å². The Balaban J connectivity index is 1.77. The van der Waals surface area contributed by atoms with Gasteiger partial charge in [-0.05, 0) is 36.8 Å². The number of nitriles is 1. The number of amides is 1. The number of thioether (sulfide) groups is 1. The van der Waals surface area contributed by atoms with E-state index in [9.17, 15) is 15.2 Å². The Morgan fingerprint density at radius 2 is 2.24 bits per heavy atom. The topological polar surface area (TPSA) is 95.9 Å². The molecule has 1 fully saturated rings. The van der Waals surface area contributed by atoms with Crippen molar-refractivity contribution in [3.8, 4) is 17.6 Å². The summed E-state index contributed by atoms with van der Waals surface area (Å²) in [5.74, 6) is 0.956. The maximum Gasteiger partial charge on any atom is 0.231 e. The molecule has 1 saturated heterocycles. The number of furan rings is 1. The van der Waals surface area contributed by atoms with Gasteiger partial charge in [0.05, 0.1) is 42.4 Å². The number of aliphatic hydroxyl groups is 1. The third kappa shape index (κ3) is 3.07. The molecule has 150 valence electrons. The molecule has 0 unspecified atom stereocenters. The van der Waals surface area contributed by atoms with Crippen molar-refractivity contribution in [3.63, 3.8) is 0 Å². The van der Waals surface area contributed by atoms with Gasteiger partial charge < -0.3 is 19.0 Å². The van der Waals surface area contributed by atoms with Crippen LogP contribution in [0.5, 0.6) is 11.5 Å². The highest BCUT2D eigenvalue weighted by molar-refractivity contribution is 8.03. The Morgan fingerprint density at radius 3 is 2.90 bits per heavy atom. The number of hydrogen-bond donors (Lipinski definition) is 1. The van der Waals surface area contributed by atoms with E-state index in [0.717, 1.165) is 5.56 Å². The summed E-state index contributed by atoms with van der Waals surface area (Å²) in [5.41, 5.74) is -0.357. The molecule has 1 aromatic carbocycles. The minimum absolute atomic E-state index is 0.0626. The van der Waals surface area contributed by atoms with E-state index < -0.39 is 11.6 Å². The molecule has 2 aliphatic heterocycles. The number of hydrogen-bond acceptors (Lipinski definition) is 7. The molecular weight excluding hydrogens is 392 g/mol. The minimum Gasteiger partial charge on any atom is -0.493 e. The number of nitrogens with zero attached hydrogens (tertiary/aromatic N) is 2. The number of carbonyl (C=O) groups is 1. The van der Waals surface area contributed by atoms with Crippen molar-refractivity contribution >= 4 is 17.7 Å². The number of benzene rings is 1. The number of rotatable bonds is 5. The van der Waals surface area contributed by atoms with E-state index in [1.54, 1.807) is 31.4 Å². The zero-order valence-electron chi connectivity index (χ0n) is 16.0. The van der Waals surface area contributed by atoms with Gasteiger partial charge in [-0.3, -0.25) is 9.69 Å². The van der Waals surface area contributed by atoms with Crippen LogP contribution in [0, 0.1) is 11.3 Å². The van der Waals surface area contributed by atoms with Gasteiger partial charge >= 0.3 is 0 Å². The van der Waals surface area contributed by atoms with E-state index in [2.05, 4.69) is 6.07 Å². The molecule has 0 saturated carbocycles. The molecule has 1 amide bonds. The van der Waals surface area contributed by atoms with Gasteiger partial charge in [0, 0.05) is 12.3 Å². The van der Waals surface area contributed by atoms with Crippen molar-refractivity contribution in [1.29, 1.82) is 5.26 Å². The third-order valence-electron chi connectivity index (χ3n) is 5.12. The first-order valence-corrected chi connectivity index (χ1v) is 10.2. The second-order valence-electron chi connectivity index (χ2n) is 6.74. The predicted molar refractivity (Wildman–Crippen MR) is 106 cm³/mol. The second-order valence-corrected chi connectivity index (χ2v) is 7.71. The molecule has 7 nitrogen and oxygen atoms in total. The standard InChI is InChI=1S/C21H20N2O5S/c1-3-27-16-7-6-13(9-17(16)26-2)14-10-19(24)23-20(15(14)11-22)29-12-21(23,25)18-5-4-8-28-18/h4-9,14,25H,3,10,12H2,1-2H3/t14-,21+/m1/s1. The number of carbonyl (C=O) groups excluding carboxylic acids is 1. The van der Waals surface area contributed by atoms with E-state index in [-0.39, 0.29) is 23.8 Å². The van der Waals surface area contributed by atoms with Crippen LogP contribution in [0.3, 0.4) is 0 Å². The molecule has 0 bridgehead atoms. The second kappa shape index (κ2) is 7.50. The summed E-state index contributed by atoms with van der Waals surface area (Å²) in [4.78, 5) is 14.4. The van der Waals surface area contributed by atoms with Crippen molar-refractivity contribution < 1.29 is 23.8 Å². The summed E-state index contributed by atoms with van der Waals surface area (Å²) in [6.07, 6.45) is 1.52. The van der Waals surface area contributed by atoms with Crippen molar-refractivity contribution in [2.45, 2.75) is 25.0 Å². The van der Waals surface area contributed by atoms with Crippen molar-refractivity contribution in [2.75, 3.05) is 19.5 Å². The highest BCUT2D eigenvalue weighted by Gasteiger charge is 2.53. The average molecular weight is 412 g/mol. The van der Waals surface area contributed by atoms with Gasteiger partial charge in [-0.25, -0.2) is 0 Å². The third-order valence-corrected chi connectivity index (χ3v) is 6.34. The normalized spacial score (nSPS) is 23.7. The number of allylic oxidation sites excluding steroid dienone is 1. The summed E-state index contributed by atoms with van der Waals surface area (Å²) < 4.78 is 16.3. The quantitative estimate of drug-likeness (QED) is 0.805. The summed E-state index contributed by atoms with van der Waals surface area (Å²) in [5, 5.41) is 21.5. The zero-order chi connectivity index (χ0) is 20.6. The molecule has 1 aromatic heterocycles. The van der Waals surface area contributed by atoms with E-state index in [1.165, 1.54) is 22.9 Å². The Kier molecular flexibility index (Phi) is 5.03. The minimum atomic E-state index is -1.59. The fourth-order valence-corrected chi connectivity index (χ4v) is 5.11. The summed E-state index contributed by atoms with van der Waals surface area (Å²) >= 11 is 1.28. The highest BCUT2D eigenvalue weighted by Crippen LogP contribution is 2.52. The van der Waals surface area contributed by atoms with Gasteiger partial charge in [0.2, 0.25) is 11.6 Å². The lowest BCUT2D eigenvalue weighted by Gasteiger charge is -2.36. The van der Waals surface area contributed by atoms with Crippen LogP contribution < -0.4 is 9.47 Å². The van der Waals surface area contributed by atoms with Crippen molar-refractivity contribution in [2.24, 2.45) is 0 Å². The molecule has 2 aromatic rings. The molecule has 8 heteroatoms. The molecule has 1 N–H and O–H groups in total. The van der Waals surface area contributed by atoms with Crippen molar-refractivity contribution in [3.05, 3.63) is 58.5 Å². The lowest BCUT2D eigenvalue weighted by Crippen LogP contribution is -2.48. The fraction of sp³-hybridized carbons (Fsp3) is 0.333. The maximum absolute atomic E-state index is 13.1. The predicted octanol–water partition coefficient (Wildman–Crippen LogP) is 3.33. The van der Waals surface area contributed by atoms with Gasteiger partial charge in [-0.2, -0.15) is 5.26 Å². The SMILES string of the molecule is CCOc1ccc([C@H]2CC(=O)N3C(=C2C#N)SC[C@]3(O)c2ccco2)cc1OC. The van der Waals surface area contributed by atoms with Crippen LogP contribution in [0.4, 0.5) is 0 Å². The first-order valence-electron chi connectivity index (χ1n) is 9.20. The van der Waals surface area contributed by atoms with Gasteiger partial charge in [0.25, 0.3) is 0 Å². The Morgan fingerprint density at radius 1 is 1.41 bits per heavy atom. The van der Waals surface area contributed by atoms with E-state index >= 15 is 0 Å². The summed E-state index contributed by atoms with van der Waals surface area (Å²) in [6.45, 7) is 2.39. The van der Waals surface area contributed by atoms with Crippen LogP contribution in [0.2, 0.25) is 0 Å². The molecule has 3 heterocycles. The first-order chi connectivity index (χ1) is 14.0. The zero-order valence-corrected chi connectivity index (χ0v) is 16.9. The largest absolute Gasteiger partial charge is 0.493 e. The average Bonchev–Trinajstić information content (AvgIpc) is 3.38. The van der Waals surface area contributed by atoms with Gasteiger partial charge in [0.15, 0.2) is 17.3 Å². The van der Waals surface area contributed by atoms with Gasteiger partial charge in [0.1, 0.15) is 0 Å². The van der Waals surface area contributed by atoms with E-state index in [0.29, 0.717) is 28.7 Å². The lowest BCUT2D eigenvalue weighted by atomic mass is 9.85. The lowest BCUT2D eigenvalue weighted by molar-refractivity contribution is -0.152. The molecule has 29 heavy (non-hydrogen) atoms. The summed E-state index contributed by atoms with van der Waals surface area (Å²) in [6, 6.07) is 11.0. The Hall–Kier alpha value is -2.89. The number of methoxy groups -OCH3 is 1. The maximum atomic E-state index is 13.1. The molecular formula is C21H20N2O5S. The van der Waals surface area contributed by atoms with E-state index in [1.807, 2.05) is 13.0 Å². The Labute approximate surface area is 172 Å². The Bertz CT molecular complexity index is 1010. The molecule has 2 aliphatic rings. The molecule has 4 rings (SSSR count).